The van der Waals surface area contributed by atoms with Crippen LogP contribution in [0.2, 0.25) is 0 Å². The second kappa shape index (κ2) is 8.78. The molecule has 29 heavy (non-hydrogen) atoms. The molecule has 0 aliphatic carbocycles. The van der Waals surface area contributed by atoms with Crippen LogP contribution < -0.4 is 14.8 Å². The topological polar surface area (TPSA) is 93.9 Å². The van der Waals surface area contributed by atoms with Crippen molar-refractivity contribution in [3.63, 3.8) is 0 Å². The third-order valence-corrected chi connectivity index (χ3v) is 4.95. The van der Waals surface area contributed by atoms with E-state index in [1.807, 2.05) is 6.92 Å². The van der Waals surface area contributed by atoms with Gasteiger partial charge in [0.25, 0.3) is 11.8 Å². The molecule has 0 bridgehead atoms. The molecule has 0 aliphatic rings. The van der Waals surface area contributed by atoms with Crippen LogP contribution in [-0.2, 0) is 6.54 Å². The standard InChI is InChI=1S/C20H21N3O5S/c1-12-21-16(11-29-12)19(24)22-15-7-14(8-17(26-3)18(15)27-4)20(25)23(2)9-13-5-6-28-10-13/h5-8,10-11H,9H2,1-4H3,(H,22,24). The molecule has 0 saturated carbocycles. The molecule has 0 atom stereocenters. The van der Waals surface area contributed by atoms with Gasteiger partial charge in [-0.3, -0.25) is 9.59 Å². The van der Waals surface area contributed by atoms with Crippen LogP contribution in [0.4, 0.5) is 5.69 Å². The van der Waals surface area contributed by atoms with Crippen molar-refractivity contribution in [2.75, 3.05) is 26.6 Å². The van der Waals surface area contributed by atoms with Gasteiger partial charge in [-0.1, -0.05) is 0 Å². The Morgan fingerprint density at radius 3 is 2.66 bits per heavy atom. The fourth-order valence-corrected chi connectivity index (χ4v) is 3.38. The van der Waals surface area contributed by atoms with Crippen LogP contribution in [-0.4, -0.2) is 43.0 Å². The summed E-state index contributed by atoms with van der Waals surface area (Å²) in [5, 5.41) is 5.21. The van der Waals surface area contributed by atoms with Gasteiger partial charge < -0.3 is 24.1 Å². The number of furan rings is 1. The predicted molar refractivity (Wildman–Crippen MR) is 109 cm³/mol. The van der Waals surface area contributed by atoms with E-state index in [4.69, 9.17) is 13.9 Å². The molecule has 0 unspecified atom stereocenters. The monoisotopic (exact) mass is 415 g/mol. The summed E-state index contributed by atoms with van der Waals surface area (Å²) in [7, 11) is 4.62. The van der Waals surface area contributed by atoms with Crippen LogP contribution in [0.1, 0.15) is 31.4 Å². The second-order valence-corrected chi connectivity index (χ2v) is 7.32. The zero-order valence-corrected chi connectivity index (χ0v) is 17.3. The van der Waals surface area contributed by atoms with E-state index in [1.54, 1.807) is 48.1 Å². The highest BCUT2D eigenvalue weighted by Gasteiger charge is 2.21. The highest BCUT2D eigenvalue weighted by Crippen LogP contribution is 2.37. The first-order valence-corrected chi connectivity index (χ1v) is 9.57. The minimum Gasteiger partial charge on any atom is -0.493 e. The Bertz CT molecular complexity index is 1010. The summed E-state index contributed by atoms with van der Waals surface area (Å²) in [6.45, 7) is 2.20. The molecule has 0 fully saturated rings. The molecule has 2 heterocycles. The van der Waals surface area contributed by atoms with E-state index < -0.39 is 5.91 Å². The largest absolute Gasteiger partial charge is 0.493 e. The van der Waals surface area contributed by atoms with Crippen molar-refractivity contribution in [1.29, 1.82) is 0 Å². The van der Waals surface area contributed by atoms with Crippen LogP contribution in [0, 0.1) is 6.92 Å². The number of methoxy groups -OCH3 is 2. The van der Waals surface area contributed by atoms with Gasteiger partial charge in [0.1, 0.15) is 5.69 Å². The number of nitrogens with one attached hydrogen (secondary N) is 1. The molecular formula is C20H21N3O5S. The maximum Gasteiger partial charge on any atom is 0.275 e. The molecule has 2 amide bonds. The maximum absolute atomic E-state index is 12.9. The Kier molecular flexibility index (Phi) is 6.18. The molecule has 3 aromatic rings. The van der Waals surface area contributed by atoms with Crippen molar-refractivity contribution in [2.24, 2.45) is 0 Å². The molecule has 1 N–H and O–H groups in total. The Morgan fingerprint density at radius 1 is 1.28 bits per heavy atom. The summed E-state index contributed by atoms with van der Waals surface area (Å²) in [6, 6.07) is 4.93. The maximum atomic E-state index is 12.9. The number of nitrogens with zero attached hydrogens (tertiary/aromatic N) is 2. The highest BCUT2D eigenvalue weighted by molar-refractivity contribution is 7.09. The van der Waals surface area contributed by atoms with Crippen LogP contribution >= 0.6 is 11.3 Å². The van der Waals surface area contributed by atoms with Gasteiger partial charge in [0, 0.05) is 30.1 Å². The lowest BCUT2D eigenvalue weighted by Gasteiger charge is -2.19. The van der Waals surface area contributed by atoms with E-state index in [-0.39, 0.29) is 5.91 Å². The Balaban J connectivity index is 1.90. The van der Waals surface area contributed by atoms with Gasteiger partial charge in [-0.2, -0.15) is 0 Å². The number of hydrogen-bond donors (Lipinski definition) is 1. The molecule has 1 aromatic carbocycles. The van der Waals surface area contributed by atoms with Gasteiger partial charge >= 0.3 is 0 Å². The molecule has 0 spiro atoms. The molecule has 3 rings (SSSR count). The zero-order chi connectivity index (χ0) is 21.0. The van der Waals surface area contributed by atoms with Crippen molar-refractivity contribution in [3.8, 4) is 11.5 Å². The highest BCUT2D eigenvalue weighted by atomic mass is 32.1. The Morgan fingerprint density at radius 2 is 2.07 bits per heavy atom. The molecule has 2 aromatic heterocycles. The van der Waals surface area contributed by atoms with Gasteiger partial charge in [0.15, 0.2) is 11.5 Å². The number of aryl methyl sites for hydroxylation is 1. The Labute approximate surface area is 172 Å². The van der Waals surface area contributed by atoms with Crippen LogP contribution in [0.5, 0.6) is 11.5 Å². The molecule has 0 saturated heterocycles. The average molecular weight is 415 g/mol. The third kappa shape index (κ3) is 4.57. The predicted octanol–water partition coefficient (Wildman–Crippen LogP) is 3.59. The van der Waals surface area contributed by atoms with E-state index in [9.17, 15) is 9.59 Å². The van der Waals surface area contributed by atoms with E-state index in [0.29, 0.717) is 35.0 Å². The van der Waals surface area contributed by atoms with Gasteiger partial charge in [-0.05, 0) is 25.1 Å². The molecule has 0 radical (unpaired) electrons. The number of carbonyl (C=O) groups is 2. The van der Waals surface area contributed by atoms with Crippen molar-refractivity contribution in [3.05, 3.63) is 57.9 Å². The number of benzene rings is 1. The molecule has 8 nitrogen and oxygen atoms in total. The summed E-state index contributed by atoms with van der Waals surface area (Å²) in [6.07, 6.45) is 3.14. The lowest BCUT2D eigenvalue weighted by molar-refractivity contribution is 0.0784. The summed E-state index contributed by atoms with van der Waals surface area (Å²) >= 11 is 1.38. The SMILES string of the molecule is COc1cc(C(=O)N(C)Cc2ccoc2)cc(NC(=O)c2csc(C)n2)c1OC. The number of aromatic nitrogens is 1. The van der Waals surface area contributed by atoms with Crippen molar-refractivity contribution < 1.29 is 23.5 Å². The number of rotatable bonds is 7. The molecular weight excluding hydrogens is 394 g/mol. The lowest BCUT2D eigenvalue weighted by Crippen LogP contribution is -2.26. The van der Waals surface area contributed by atoms with Gasteiger partial charge in [-0.25, -0.2) is 4.98 Å². The second-order valence-electron chi connectivity index (χ2n) is 6.26. The summed E-state index contributed by atoms with van der Waals surface area (Å²) in [5.41, 5.74) is 1.83. The molecule has 0 aliphatic heterocycles. The number of thiazole rings is 1. The average Bonchev–Trinajstić information content (AvgIpc) is 3.38. The van der Waals surface area contributed by atoms with E-state index in [0.717, 1.165) is 10.6 Å². The minimum atomic E-state index is -0.397. The Hall–Kier alpha value is -3.33. The van der Waals surface area contributed by atoms with Crippen LogP contribution in [0.15, 0.2) is 40.5 Å². The molecule has 152 valence electrons. The first-order valence-electron chi connectivity index (χ1n) is 8.69. The lowest BCUT2D eigenvalue weighted by atomic mass is 10.1. The number of hydrogen-bond acceptors (Lipinski definition) is 7. The zero-order valence-electron chi connectivity index (χ0n) is 16.5. The summed E-state index contributed by atoms with van der Waals surface area (Å²) in [4.78, 5) is 31.2. The van der Waals surface area contributed by atoms with E-state index in [2.05, 4.69) is 10.3 Å². The fourth-order valence-electron chi connectivity index (χ4n) is 2.78. The minimum absolute atomic E-state index is 0.243. The van der Waals surface area contributed by atoms with Gasteiger partial charge in [0.05, 0.1) is 37.4 Å². The van der Waals surface area contributed by atoms with Crippen LogP contribution in [0.25, 0.3) is 0 Å². The fraction of sp³-hybridized carbons (Fsp3) is 0.250. The van der Waals surface area contributed by atoms with E-state index in [1.165, 1.54) is 25.6 Å². The van der Waals surface area contributed by atoms with Gasteiger partial charge in [-0.15, -0.1) is 11.3 Å². The van der Waals surface area contributed by atoms with Crippen molar-refractivity contribution >= 4 is 28.8 Å². The number of ether oxygens (including phenoxy) is 2. The first kappa shape index (κ1) is 20.4. The number of carbonyl (C=O) groups excluding carboxylic acids is 2. The van der Waals surface area contributed by atoms with Crippen LogP contribution in [0.3, 0.4) is 0 Å². The molecule has 9 heteroatoms. The van der Waals surface area contributed by atoms with Crippen molar-refractivity contribution in [1.82, 2.24) is 9.88 Å². The van der Waals surface area contributed by atoms with Gasteiger partial charge in [0.2, 0.25) is 0 Å². The smallest absolute Gasteiger partial charge is 0.275 e. The summed E-state index contributed by atoms with van der Waals surface area (Å²) in [5.74, 6) is 0.0138. The third-order valence-electron chi connectivity index (χ3n) is 4.17. The van der Waals surface area contributed by atoms with E-state index >= 15 is 0 Å². The quantitative estimate of drug-likeness (QED) is 0.634. The number of amides is 2. The van der Waals surface area contributed by atoms with Crippen molar-refractivity contribution in [2.45, 2.75) is 13.5 Å². The number of anilines is 1. The normalized spacial score (nSPS) is 10.5. The summed E-state index contributed by atoms with van der Waals surface area (Å²) < 4.78 is 15.8. The first-order chi connectivity index (χ1) is 13.9.